The van der Waals surface area contributed by atoms with Gasteiger partial charge in [-0.15, -0.1) is 0 Å². The molecule has 0 radical (unpaired) electrons. The summed E-state index contributed by atoms with van der Waals surface area (Å²) in [7, 11) is 0. The maximum atomic E-state index is 6.82. The van der Waals surface area contributed by atoms with Gasteiger partial charge in [0.1, 0.15) is 11.2 Å². The summed E-state index contributed by atoms with van der Waals surface area (Å²) >= 11 is 0. The molecule has 0 bridgehead atoms. The Morgan fingerprint density at radius 1 is 0.327 bits per heavy atom. The quantitative estimate of drug-likeness (QED) is 0.179. The SMILES string of the molecule is c1ccc(-c2nc(-c3ccc4ccccc4c3)nc(-c3ccc(-c4cccc5oc6c(-c7ccccc7)c7ccccc7cc6c45)c4ccccc34)n2)cc1. The molecule has 0 aliphatic carbocycles. The third-order valence-electron chi connectivity index (χ3n) is 10.7. The fourth-order valence-electron chi connectivity index (χ4n) is 8.14. The number of hydrogen-bond donors (Lipinski definition) is 0. The third kappa shape index (κ3) is 5.19. The van der Waals surface area contributed by atoms with Gasteiger partial charge in [0, 0.05) is 33.0 Å². The lowest BCUT2D eigenvalue weighted by molar-refractivity contribution is 0.670. The van der Waals surface area contributed by atoms with Gasteiger partial charge in [-0.05, 0) is 73.3 Å². The van der Waals surface area contributed by atoms with E-state index in [9.17, 15) is 0 Å². The van der Waals surface area contributed by atoms with E-state index >= 15 is 0 Å². The van der Waals surface area contributed by atoms with Crippen LogP contribution in [0.25, 0.3) is 111 Å². The Kier molecular flexibility index (Phi) is 7.14. The number of rotatable bonds is 5. The van der Waals surface area contributed by atoms with Crippen LogP contribution < -0.4 is 0 Å². The fourth-order valence-corrected chi connectivity index (χ4v) is 8.14. The molecule has 4 nitrogen and oxygen atoms in total. The Morgan fingerprint density at radius 3 is 1.71 bits per heavy atom. The number of furan rings is 1. The highest BCUT2D eigenvalue weighted by molar-refractivity contribution is 6.22. The highest BCUT2D eigenvalue weighted by atomic mass is 16.3. The number of aromatic nitrogens is 3. The molecule has 0 unspecified atom stereocenters. The van der Waals surface area contributed by atoms with Crippen LogP contribution in [0.1, 0.15) is 0 Å². The summed E-state index contributed by atoms with van der Waals surface area (Å²) in [6.07, 6.45) is 0. The average molecular weight is 702 g/mol. The van der Waals surface area contributed by atoms with Crippen LogP contribution in [0, 0.1) is 0 Å². The van der Waals surface area contributed by atoms with Crippen LogP contribution in [0.2, 0.25) is 0 Å². The first kappa shape index (κ1) is 31.1. The molecule has 0 aliphatic heterocycles. The van der Waals surface area contributed by atoms with Crippen LogP contribution in [0.15, 0.2) is 192 Å². The van der Waals surface area contributed by atoms with E-state index in [0.29, 0.717) is 17.5 Å². The Morgan fingerprint density at radius 2 is 0.927 bits per heavy atom. The number of hydrogen-bond acceptors (Lipinski definition) is 4. The molecule has 0 fully saturated rings. The highest BCUT2D eigenvalue weighted by Crippen LogP contribution is 2.46. The van der Waals surface area contributed by atoms with E-state index in [1.165, 1.54) is 16.2 Å². The highest BCUT2D eigenvalue weighted by Gasteiger charge is 2.21. The molecule has 11 rings (SSSR count). The standard InChI is InChI=1S/C51H31N3O/c1-3-15-33(16-4-1)46-38-21-10-9-20-36(38)31-44-47-42(24-13-25-45(47)55-48(44)46)41-28-29-43(40-23-12-11-22-39(40)41)51-53-49(34-17-5-2-6-18-34)52-50(54-51)37-27-26-32-14-7-8-19-35(32)30-37/h1-31H. The Balaban J connectivity index is 1.14. The lowest BCUT2D eigenvalue weighted by atomic mass is 9.90. The number of nitrogens with zero attached hydrogens (tertiary/aromatic N) is 3. The van der Waals surface area contributed by atoms with E-state index in [1.54, 1.807) is 0 Å². The first-order valence-corrected chi connectivity index (χ1v) is 18.5. The third-order valence-corrected chi connectivity index (χ3v) is 10.7. The van der Waals surface area contributed by atoms with Crippen molar-refractivity contribution >= 4 is 54.3 Å². The molecule has 0 saturated heterocycles. The average Bonchev–Trinajstić information content (AvgIpc) is 3.63. The van der Waals surface area contributed by atoms with Gasteiger partial charge in [0.15, 0.2) is 17.5 Å². The minimum atomic E-state index is 0.630. The summed E-state index contributed by atoms with van der Waals surface area (Å²) in [6, 6.07) is 65.7. The molecule has 0 spiro atoms. The zero-order valence-electron chi connectivity index (χ0n) is 29.6. The van der Waals surface area contributed by atoms with Crippen LogP contribution in [-0.2, 0) is 0 Å². The zero-order chi connectivity index (χ0) is 36.3. The zero-order valence-corrected chi connectivity index (χ0v) is 29.6. The molecule has 2 heterocycles. The molecule has 0 aliphatic rings. The molecule has 0 saturated carbocycles. The summed E-state index contributed by atoms with van der Waals surface area (Å²) in [5.41, 5.74) is 9.07. The molecule has 4 heteroatoms. The predicted molar refractivity (Wildman–Crippen MR) is 227 cm³/mol. The van der Waals surface area contributed by atoms with Gasteiger partial charge in [0.05, 0.1) is 0 Å². The van der Waals surface area contributed by atoms with Crippen molar-refractivity contribution in [2.24, 2.45) is 0 Å². The summed E-state index contributed by atoms with van der Waals surface area (Å²) in [4.78, 5) is 15.3. The summed E-state index contributed by atoms with van der Waals surface area (Å²) in [5, 5.41) is 9.04. The van der Waals surface area contributed by atoms with Crippen LogP contribution in [0.5, 0.6) is 0 Å². The van der Waals surface area contributed by atoms with Crippen molar-refractivity contribution in [3.63, 3.8) is 0 Å². The van der Waals surface area contributed by atoms with Gasteiger partial charge >= 0.3 is 0 Å². The summed E-state index contributed by atoms with van der Waals surface area (Å²) in [6.45, 7) is 0. The topological polar surface area (TPSA) is 51.8 Å². The first-order valence-electron chi connectivity index (χ1n) is 18.5. The number of fused-ring (bicyclic) bond motifs is 6. The predicted octanol–water partition coefficient (Wildman–Crippen LogP) is 13.6. The van der Waals surface area contributed by atoms with E-state index < -0.39 is 0 Å². The monoisotopic (exact) mass is 701 g/mol. The van der Waals surface area contributed by atoms with Crippen LogP contribution in [-0.4, -0.2) is 15.0 Å². The summed E-state index contributed by atoms with van der Waals surface area (Å²) in [5.74, 6) is 1.91. The van der Waals surface area contributed by atoms with E-state index in [2.05, 4.69) is 158 Å². The van der Waals surface area contributed by atoms with Crippen molar-refractivity contribution in [2.75, 3.05) is 0 Å². The second kappa shape index (κ2) is 12.6. The lowest BCUT2D eigenvalue weighted by Gasteiger charge is -2.14. The van der Waals surface area contributed by atoms with Gasteiger partial charge < -0.3 is 4.42 Å². The van der Waals surface area contributed by atoms with Gasteiger partial charge in [0.2, 0.25) is 0 Å². The Bertz CT molecular complexity index is 3260. The molecule has 0 N–H and O–H groups in total. The maximum absolute atomic E-state index is 6.82. The molecule has 0 atom stereocenters. The molecule has 2 aromatic heterocycles. The van der Waals surface area contributed by atoms with Crippen molar-refractivity contribution < 1.29 is 4.42 Å². The van der Waals surface area contributed by atoms with Gasteiger partial charge in [-0.1, -0.05) is 164 Å². The lowest BCUT2D eigenvalue weighted by Crippen LogP contribution is -2.00. The van der Waals surface area contributed by atoms with Gasteiger partial charge in [-0.3, -0.25) is 0 Å². The van der Waals surface area contributed by atoms with E-state index in [1.807, 2.05) is 30.3 Å². The normalized spacial score (nSPS) is 11.6. The van der Waals surface area contributed by atoms with Crippen molar-refractivity contribution in [2.45, 2.75) is 0 Å². The van der Waals surface area contributed by atoms with Crippen LogP contribution in [0.4, 0.5) is 0 Å². The van der Waals surface area contributed by atoms with E-state index in [-0.39, 0.29) is 0 Å². The van der Waals surface area contributed by atoms with Crippen molar-refractivity contribution in [3.05, 3.63) is 188 Å². The molecule has 0 amide bonds. The molecule has 256 valence electrons. The second-order valence-corrected chi connectivity index (χ2v) is 13.9. The van der Waals surface area contributed by atoms with Crippen LogP contribution in [0.3, 0.4) is 0 Å². The minimum Gasteiger partial charge on any atom is -0.455 e. The fraction of sp³-hybridized carbons (Fsp3) is 0. The summed E-state index contributed by atoms with van der Waals surface area (Å²) < 4.78 is 6.82. The van der Waals surface area contributed by atoms with Crippen molar-refractivity contribution in [1.82, 2.24) is 15.0 Å². The van der Waals surface area contributed by atoms with E-state index in [0.717, 1.165) is 77.0 Å². The molecule has 11 aromatic rings. The minimum absolute atomic E-state index is 0.630. The Labute approximate surface area is 317 Å². The second-order valence-electron chi connectivity index (χ2n) is 13.9. The first-order chi connectivity index (χ1) is 27.3. The van der Waals surface area contributed by atoms with Gasteiger partial charge in [0.25, 0.3) is 0 Å². The largest absolute Gasteiger partial charge is 0.455 e. The van der Waals surface area contributed by atoms with Gasteiger partial charge in [-0.25, -0.2) is 15.0 Å². The van der Waals surface area contributed by atoms with Crippen LogP contribution >= 0.6 is 0 Å². The van der Waals surface area contributed by atoms with Gasteiger partial charge in [-0.2, -0.15) is 0 Å². The smallest absolute Gasteiger partial charge is 0.164 e. The molecule has 55 heavy (non-hydrogen) atoms. The van der Waals surface area contributed by atoms with Crippen molar-refractivity contribution in [1.29, 1.82) is 0 Å². The molecular formula is C51H31N3O. The Hall–Kier alpha value is -7.43. The molecular weight excluding hydrogens is 671 g/mol. The van der Waals surface area contributed by atoms with E-state index in [4.69, 9.17) is 19.4 Å². The maximum Gasteiger partial charge on any atom is 0.164 e. The number of benzene rings is 9. The van der Waals surface area contributed by atoms with Crippen molar-refractivity contribution in [3.8, 4) is 56.4 Å². The molecule has 9 aromatic carbocycles.